The van der Waals surface area contributed by atoms with Gasteiger partial charge in [-0.3, -0.25) is 10.1 Å². The molecule has 3 rings (SSSR count). The standard InChI is InChI=1S/C13H11N3O4S2/c1-20-12(17)9-6-8(4-5-10(9)16(18)19)21-13-15-14-11(22-13)7-2-3-7/h4-7H,2-3H2,1H3. The number of ether oxygens (including phenoxy) is 1. The van der Waals surface area contributed by atoms with E-state index in [1.165, 1.54) is 42.3 Å². The third kappa shape index (κ3) is 3.09. The molecule has 1 aliphatic rings. The van der Waals surface area contributed by atoms with Crippen molar-refractivity contribution in [3.8, 4) is 0 Å². The number of hydrogen-bond acceptors (Lipinski definition) is 8. The summed E-state index contributed by atoms with van der Waals surface area (Å²) < 4.78 is 5.35. The van der Waals surface area contributed by atoms with Gasteiger partial charge in [-0.25, -0.2) is 4.79 Å². The summed E-state index contributed by atoms with van der Waals surface area (Å²) in [6.07, 6.45) is 2.31. The van der Waals surface area contributed by atoms with Crippen molar-refractivity contribution in [2.24, 2.45) is 0 Å². The van der Waals surface area contributed by atoms with E-state index in [4.69, 9.17) is 0 Å². The molecule has 114 valence electrons. The van der Waals surface area contributed by atoms with Gasteiger partial charge >= 0.3 is 5.97 Å². The Labute approximate surface area is 133 Å². The Kier molecular flexibility index (Phi) is 4.08. The minimum absolute atomic E-state index is 0.0653. The molecule has 7 nitrogen and oxygen atoms in total. The maximum Gasteiger partial charge on any atom is 0.344 e. The van der Waals surface area contributed by atoms with Gasteiger partial charge in [0.15, 0.2) is 4.34 Å². The van der Waals surface area contributed by atoms with Crippen LogP contribution in [-0.2, 0) is 4.74 Å². The number of esters is 1. The number of carbonyl (C=O) groups is 1. The van der Waals surface area contributed by atoms with Crippen LogP contribution in [0.1, 0.15) is 34.1 Å². The Morgan fingerprint density at radius 2 is 2.23 bits per heavy atom. The van der Waals surface area contributed by atoms with Crippen molar-refractivity contribution >= 4 is 34.8 Å². The molecular formula is C13H11N3O4S2. The highest BCUT2D eigenvalue weighted by Gasteiger charge is 2.28. The lowest BCUT2D eigenvalue weighted by molar-refractivity contribution is -0.385. The lowest BCUT2D eigenvalue weighted by atomic mass is 10.2. The van der Waals surface area contributed by atoms with Crippen molar-refractivity contribution in [1.82, 2.24) is 10.2 Å². The zero-order valence-corrected chi connectivity index (χ0v) is 13.1. The van der Waals surface area contributed by atoms with Gasteiger partial charge in [0.1, 0.15) is 10.6 Å². The normalized spacial score (nSPS) is 13.9. The Hall–Kier alpha value is -2.00. The van der Waals surface area contributed by atoms with Gasteiger partial charge in [0.05, 0.1) is 12.0 Å². The lowest BCUT2D eigenvalue weighted by Crippen LogP contribution is -2.05. The fourth-order valence-corrected chi connectivity index (χ4v) is 3.92. The van der Waals surface area contributed by atoms with E-state index >= 15 is 0 Å². The first-order valence-corrected chi connectivity index (χ1v) is 8.10. The fraction of sp³-hybridized carbons (Fsp3) is 0.308. The van der Waals surface area contributed by atoms with E-state index in [0.29, 0.717) is 10.8 Å². The molecule has 9 heteroatoms. The number of nitro groups is 1. The summed E-state index contributed by atoms with van der Waals surface area (Å²) in [5.41, 5.74) is -0.337. The number of methoxy groups -OCH3 is 1. The highest BCUT2D eigenvalue weighted by atomic mass is 32.2. The summed E-state index contributed by atoms with van der Waals surface area (Å²) in [6.45, 7) is 0. The number of aromatic nitrogens is 2. The molecule has 1 saturated carbocycles. The number of nitro benzene ring substituents is 1. The largest absolute Gasteiger partial charge is 0.465 e. The molecule has 22 heavy (non-hydrogen) atoms. The summed E-state index contributed by atoms with van der Waals surface area (Å²) in [7, 11) is 1.19. The smallest absolute Gasteiger partial charge is 0.344 e. The van der Waals surface area contributed by atoms with Crippen LogP contribution in [0.5, 0.6) is 0 Å². The zero-order valence-electron chi connectivity index (χ0n) is 11.5. The van der Waals surface area contributed by atoms with E-state index in [1.807, 2.05) is 0 Å². The molecule has 0 spiro atoms. The summed E-state index contributed by atoms with van der Waals surface area (Å²) in [6, 6.07) is 4.34. The third-order valence-electron chi connectivity index (χ3n) is 3.12. The second kappa shape index (κ2) is 6.01. The van der Waals surface area contributed by atoms with Crippen molar-refractivity contribution in [1.29, 1.82) is 0 Å². The molecule has 0 amide bonds. The number of benzene rings is 1. The van der Waals surface area contributed by atoms with Crippen LogP contribution in [0.2, 0.25) is 0 Å². The molecule has 0 aliphatic heterocycles. The van der Waals surface area contributed by atoms with Crippen molar-refractivity contribution in [2.75, 3.05) is 7.11 Å². The second-order valence-electron chi connectivity index (χ2n) is 4.71. The summed E-state index contributed by atoms with van der Waals surface area (Å²) in [5, 5.41) is 20.2. The van der Waals surface area contributed by atoms with E-state index < -0.39 is 10.9 Å². The van der Waals surface area contributed by atoms with Gasteiger partial charge in [-0.15, -0.1) is 10.2 Å². The van der Waals surface area contributed by atoms with E-state index in [1.54, 1.807) is 6.07 Å². The Morgan fingerprint density at radius 1 is 1.45 bits per heavy atom. The van der Waals surface area contributed by atoms with Crippen LogP contribution >= 0.6 is 23.1 Å². The van der Waals surface area contributed by atoms with Gasteiger partial charge in [0, 0.05) is 16.9 Å². The average molecular weight is 337 g/mol. The van der Waals surface area contributed by atoms with Gasteiger partial charge in [0.25, 0.3) is 5.69 Å². The number of rotatable bonds is 5. The molecule has 0 saturated heterocycles. The van der Waals surface area contributed by atoms with Crippen LogP contribution in [0, 0.1) is 10.1 Å². The summed E-state index contributed by atoms with van der Waals surface area (Å²) in [4.78, 5) is 22.7. The molecule has 0 bridgehead atoms. The topological polar surface area (TPSA) is 95.2 Å². The second-order valence-corrected chi connectivity index (χ2v) is 7.04. The molecule has 0 unspecified atom stereocenters. The molecule has 0 N–H and O–H groups in total. The molecule has 1 aromatic heterocycles. The quantitative estimate of drug-likeness (QED) is 0.469. The third-order valence-corrected chi connectivity index (χ3v) is 5.25. The van der Waals surface area contributed by atoms with Crippen LogP contribution in [0.25, 0.3) is 0 Å². The van der Waals surface area contributed by atoms with Gasteiger partial charge in [-0.05, 0) is 25.0 Å². The first-order chi connectivity index (χ1) is 10.6. The lowest BCUT2D eigenvalue weighted by Gasteiger charge is -2.03. The monoisotopic (exact) mass is 337 g/mol. The van der Waals surface area contributed by atoms with E-state index in [9.17, 15) is 14.9 Å². The molecule has 1 fully saturated rings. The molecule has 0 atom stereocenters. The van der Waals surface area contributed by atoms with Crippen molar-refractivity contribution < 1.29 is 14.5 Å². The molecule has 1 aliphatic carbocycles. The predicted octanol–water partition coefficient (Wildman–Crippen LogP) is 3.26. The van der Waals surface area contributed by atoms with Gasteiger partial charge in [-0.1, -0.05) is 23.1 Å². The first kappa shape index (κ1) is 14.9. The van der Waals surface area contributed by atoms with Crippen molar-refractivity contribution in [3.05, 3.63) is 38.9 Å². The minimum Gasteiger partial charge on any atom is -0.465 e. The van der Waals surface area contributed by atoms with E-state index in [2.05, 4.69) is 14.9 Å². The van der Waals surface area contributed by atoms with Crippen LogP contribution in [-0.4, -0.2) is 28.2 Å². The molecule has 1 heterocycles. The van der Waals surface area contributed by atoms with Gasteiger partial charge in [0.2, 0.25) is 0 Å². The maximum absolute atomic E-state index is 11.7. The fourth-order valence-electron chi connectivity index (χ4n) is 1.87. The molecule has 0 radical (unpaired) electrons. The number of hydrogen-bond donors (Lipinski definition) is 0. The predicted molar refractivity (Wildman–Crippen MR) is 80.4 cm³/mol. The SMILES string of the molecule is COC(=O)c1cc(Sc2nnc(C3CC3)s2)ccc1[N+](=O)[O-]. The van der Waals surface area contributed by atoms with Gasteiger partial charge in [-0.2, -0.15) is 0 Å². The highest BCUT2D eigenvalue weighted by molar-refractivity contribution is 8.01. The van der Waals surface area contributed by atoms with Crippen LogP contribution in [0.4, 0.5) is 5.69 Å². The number of nitrogens with zero attached hydrogens (tertiary/aromatic N) is 3. The molecule has 1 aromatic carbocycles. The van der Waals surface area contributed by atoms with Crippen molar-refractivity contribution in [3.63, 3.8) is 0 Å². The van der Waals surface area contributed by atoms with E-state index in [0.717, 1.165) is 22.2 Å². The first-order valence-electron chi connectivity index (χ1n) is 6.46. The van der Waals surface area contributed by atoms with Crippen LogP contribution in [0.3, 0.4) is 0 Å². The molecular weight excluding hydrogens is 326 g/mol. The molecule has 2 aromatic rings. The Morgan fingerprint density at radius 3 is 2.86 bits per heavy atom. The maximum atomic E-state index is 11.7. The Balaban J connectivity index is 1.86. The summed E-state index contributed by atoms with van der Waals surface area (Å²) in [5.74, 6) is -0.195. The minimum atomic E-state index is -0.731. The average Bonchev–Trinajstić information content (AvgIpc) is 3.26. The highest BCUT2D eigenvalue weighted by Crippen LogP contribution is 2.43. The zero-order chi connectivity index (χ0) is 15.7. The Bertz CT molecular complexity index is 743. The van der Waals surface area contributed by atoms with Crippen LogP contribution < -0.4 is 0 Å². The van der Waals surface area contributed by atoms with Crippen LogP contribution in [0.15, 0.2) is 27.4 Å². The van der Waals surface area contributed by atoms with Crippen molar-refractivity contribution in [2.45, 2.75) is 28.0 Å². The van der Waals surface area contributed by atoms with E-state index in [-0.39, 0.29) is 11.3 Å². The summed E-state index contributed by atoms with van der Waals surface area (Å²) >= 11 is 2.85. The number of carbonyl (C=O) groups excluding carboxylic acids is 1. The van der Waals surface area contributed by atoms with Gasteiger partial charge < -0.3 is 4.74 Å².